The Kier molecular flexibility index (Phi) is 7.82. The highest BCUT2D eigenvalue weighted by Crippen LogP contribution is 2.36. The van der Waals surface area contributed by atoms with Crippen LogP contribution in [0.4, 0.5) is 22.5 Å². The van der Waals surface area contributed by atoms with Crippen LogP contribution in [0.5, 0.6) is 5.75 Å². The van der Waals surface area contributed by atoms with Crippen LogP contribution in [0.15, 0.2) is 28.4 Å². The van der Waals surface area contributed by atoms with Crippen LogP contribution in [0.3, 0.4) is 0 Å². The van der Waals surface area contributed by atoms with Gasteiger partial charge in [-0.15, -0.1) is 10.2 Å². The fraction of sp³-hybridized carbons (Fsp3) is 0.278. The van der Waals surface area contributed by atoms with Gasteiger partial charge in [-0.25, -0.2) is 9.97 Å². The van der Waals surface area contributed by atoms with Crippen molar-refractivity contribution in [2.45, 2.75) is 6.92 Å². The van der Waals surface area contributed by atoms with E-state index >= 15 is 0 Å². The first-order chi connectivity index (χ1) is 16.4. The van der Waals surface area contributed by atoms with Gasteiger partial charge < -0.3 is 15.7 Å². The van der Waals surface area contributed by atoms with E-state index in [1.807, 2.05) is 6.07 Å². The number of phenols is 1. The number of nitrogens with one attached hydrogen (secondary N) is 2. The summed E-state index contributed by atoms with van der Waals surface area (Å²) in [5, 5.41) is 33.1. The number of nitrogens with zero attached hydrogens (tertiary/aromatic N) is 5. The largest absolute Gasteiger partial charge is 0.508 e. The number of anilines is 2. The molecule has 14 nitrogen and oxygen atoms in total. The fourth-order valence-corrected chi connectivity index (χ4v) is 4.38. The molecule has 0 saturated carbocycles. The molecule has 3 aromatic rings. The van der Waals surface area contributed by atoms with Crippen molar-refractivity contribution in [3.63, 3.8) is 0 Å². The molecule has 0 aliphatic carbocycles. The third kappa shape index (κ3) is 7.27. The molecular formula is C18H19N7O7S3. The third-order valence-electron chi connectivity index (χ3n) is 4.43. The van der Waals surface area contributed by atoms with Gasteiger partial charge in [0.1, 0.15) is 23.3 Å². The van der Waals surface area contributed by atoms with E-state index in [9.17, 15) is 27.2 Å². The van der Waals surface area contributed by atoms with Gasteiger partial charge in [-0.2, -0.15) is 22.1 Å². The smallest absolute Gasteiger partial charge is 0.266 e. The number of nitriles is 1. The molecule has 0 aliphatic rings. The number of pyridine rings is 1. The second kappa shape index (κ2) is 10.5. The number of benzene rings is 1. The lowest BCUT2D eigenvalue weighted by molar-refractivity contribution is 0.476. The number of fused-ring (bicyclic) bond motifs is 1. The van der Waals surface area contributed by atoms with E-state index in [4.69, 9.17) is 9.11 Å². The van der Waals surface area contributed by atoms with E-state index in [0.717, 1.165) is 11.3 Å². The predicted octanol–water partition coefficient (Wildman–Crippen LogP) is 2.59. The molecule has 2 aromatic heterocycles. The molecule has 0 aliphatic heterocycles. The summed E-state index contributed by atoms with van der Waals surface area (Å²) in [7, 11) is -8.54. The van der Waals surface area contributed by atoms with Crippen LogP contribution in [0, 0.1) is 18.3 Å². The Labute approximate surface area is 203 Å². The zero-order valence-corrected chi connectivity index (χ0v) is 20.4. The molecule has 35 heavy (non-hydrogen) atoms. The number of hydrogen-bond donors (Lipinski definition) is 5. The molecule has 0 unspecified atom stereocenters. The Balaban J connectivity index is 2.00. The van der Waals surface area contributed by atoms with Crippen molar-refractivity contribution in [1.82, 2.24) is 9.97 Å². The van der Waals surface area contributed by atoms with Gasteiger partial charge in [-0.1, -0.05) is 11.3 Å². The van der Waals surface area contributed by atoms with Crippen LogP contribution >= 0.6 is 11.3 Å². The summed E-state index contributed by atoms with van der Waals surface area (Å²) < 4.78 is 62.7. The minimum atomic E-state index is -4.28. The van der Waals surface area contributed by atoms with E-state index in [1.54, 1.807) is 6.07 Å². The second-order valence-electron chi connectivity index (χ2n) is 7.04. The normalized spacial score (nSPS) is 12.2. The molecule has 0 bridgehead atoms. The molecule has 1 aromatic carbocycles. The lowest BCUT2D eigenvalue weighted by Gasteiger charge is -2.15. The third-order valence-corrected chi connectivity index (χ3v) is 6.77. The Morgan fingerprint density at radius 1 is 1.03 bits per heavy atom. The van der Waals surface area contributed by atoms with Crippen molar-refractivity contribution in [3.8, 4) is 11.8 Å². The molecule has 17 heteroatoms. The maximum Gasteiger partial charge on any atom is 0.266 e. The number of aromatic nitrogens is 2. The second-order valence-corrected chi connectivity index (χ2v) is 11.2. The minimum absolute atomic E-state index is 0.00186. The molecule has 0 amide bonds. The quantitative estimate of drug-likeness (QED) is 0.184. The van der Waals surface area contributed by atoms with Crippen molar-refractivity contribution in [2.24, 2.45) is 10.2 Å². The van der Waals surface area contributed by atoms with Crippen LogP contribution in [0.2, 0.25) is 0 Å². The van der Waals surface area contributed by atoms with Crippen LogP contribution in [-0.2, 0) is 20.2 Å². The van der Waals surface area contributed by atoms with Crippen molar-refractivity contribution >= 4 is 64.2 Å². The predicted molar refractivity (Wildman–Crippen MR) is 129 cm³/mol. The van der Waals surface area contributed by atoms with Crippen molar-refractivity contribution in [3.05, 3.63) is 29.3 Å². The standard InChI is InChI=1S/C18H19N7O7S3/c1-10-12(9-19)16(20-4-6-34(27,28)29)23-17(21-5-7-35(30,31)32)15(10)24-25-18-22-13-3-2-11(26)8-14(13)33-18/h2-3,8,26H,4-7H2,1H3,(H2,20,21,23)(H,27,28,29)(H,30,31,32). The summed E-state index contributed by atoms with van der Waals surface area (Å²) in [6, 6.07) is 6.54. The van der Waals surface area contributed by atoms with Gasteiger partial charge in [0, 0.05) is 18.7 Å². The lowest BCUT2D eigenvalue weighted by Crippen LogP contribution is -2.18. The molecule has 0 radical (unpaired) electrons. The number of phenolic OH excluding ortho intramolecular Hbond substituents is 1. The number of hydrogen-bond acceptors (Lipinski definition) is 13. The Hall–Kier alpha value is -3.43. The zero-order valence-electron chi connectivity index (χ0n) is 18.0. The number of azo groups is 1. The average molecular weight is 542 g/mol. The average Bonchev–Trinajstić information content (AvgIpc) is 3.13. The summed E-state index contributed by atoms with van der Waals surface area (Å²) in [5.41, 5.74) is 0.969. The lowest BCUT2D eigenvalue weighted by atomic mass is 10.1. The number of rotatable bonds is 10. The highest BCUT2D eigenvalue weighted by atomic mass is 32.2. The molecule has 0 saturated heterocycles. The summed E-state index contributed by atoms with van der Waals surface area (Å²) >= 11 is 1.15. The first-order valence-electron chi connectivity index (χ1n) is 9.70. The SMILES string of the molecule is Cc1c(C#N)c(NCCS(=O)(=O)O)nc(NCCS(=O)(=O)O)c1N=Nc1nc2ccc(O)cc2s1. The topological polar surface area (TPSA) is 227 Å². The highest BCUT2D eigenvalue weighted by Gasteiger charge is 2.19. The van der Waals surface area contributed by atoms with Gasteiger partial charge in [0.2, 0.25) is 5.13 Å². The van der Waals surface area contributed by atoms with Gasteiger partial charge in [0.25, 0.3) is 20.2 Å². The van der Waals surface area contributed by atoms with E-state index in [1.165, 1.54) is 19.1 Å². The van der Waals surface area contributed by atoms with Crippen LogP contribution in [-0.4, -0.2) is 65.6 Å². The molecule has 2 heterocycles. The molecule has 186 valence electrons. The summed E-state index contributed by atoms with van der Waals surface area (Å²) in [4.78, 5) is 8.49. The van der Waals surface area contributed by atoms with E-state index in [-0.39, 0.29) is 52.4 Å². The Morgan fingerprint density at radius 2 is 1.66 bits per heavy atom. The van der Waals surface area contributed by atoms with E-state index < -0.39 is 31.7 Å². The zero-order chi connectivity index (χ0) is 25.8. The number of thiazole rings is 1. The van der Waals surface area contributed by atoms with E-state index in [2.05, 4.69) is 30.8 Å². The summed E-state index contributed by atoms with van der Waals surface area (Å²) in [5.74, 6) is -1.25. The fourth-order valence-electron chi connectivity index (χ4n) is 2.84. The van der Waals surface area contributed by atoms with Gasteiger partial charge in [0.15, 0.2) is 5.82 Å². The highest BCUT2D eigenvalue weighted by molar-refractivity contribution is 7.86. The number of aromatic hydroxyl groups is 1. The molecule has 3 rings (SSSR count). The molecular weight excluding hydrogens is 522 g/mol. The Morgan fingerprint density at radius 3 is 2.26 bits per heavy atom. The maximum atomic E-state index is 11.1. The molecule has 0 spiro atoms. The molecule has 0 fully saturated rings. The summed E-state index contributed by atoms with van der Waals surface area (Å²) in [6.45, 7) is 1.02. The van der Waals surface area contributed by atoms with Gasteiger partial charge in [-0.3, -0.25) is 9.11 Å². The van der Waals surface area contributed by atoms with Crippen LogP contribution < -0.4 is 10.6 Å². The minimum Gasteiger partial charge on any atom is -0.508 e. The Bertz CT molecular complexity index is 1540. The van der Waals surface area contributed by atoms with Gasteiger partial charge in [0.05, 0.1) is 27.3 Å². The van der Waals surface area contributed by atoms with Gasteiger partial charge >= 0.3 is 0 Å². The van der Waals surface area contributed by atoms with Crippen molar-refractivity contribution < 1.29 is 31.0 Å². The van der Waals surface area contributed by atoms with Crippen molar-refractivity contribution in [1.29, 1.82) is 5.26 Å². The molecule has 5 N–H and O–H groups in total. The van der Waals surface area contributed by atoms with Gasteiger partial charge in [-0.05, 0) is 25.1 Å². The first kappa shape index (κ1) is 26.2. The monoisotopic (exact) mass is 541 g/mol. The molecule has 0 atom stereocenters. The summed E-state index contributed by atoms with van der Waals surface area (Å²) in [6.07, 6.45) is 0. The van der Waals surface area contributed by atoms with Crippen LogP contribution in [0.1, 0.15) is 11.1 Å². The van der Waals surface area contributed by atoms with E-state index in [0.29, 0.717) is 10.2 Å². The first-order valence-corrected chi connectivity index (χ1v) is 13.7. The maximum absolute atomic E-state index is 11.1. The van der Waals surface area contributed by atoms with Crippen LogP contribution in [0.25, 0.3) is 10.2 Å². The van der Waals surface area contributed by atoms with Crippen molar-refractivity contribution in [2.75, 3.05) is 35.2 Å².